The normalized spacial score (nSPS) is 17.3. The Morgan fingerprint density at radius 1 is 1.21 bits per heavy atom. The molecule has 3 heterocycles. The summed E-state index contributed by atoms with van der Waals surface area (Å²) >= 11 is 0. The lowest BCUT2D eigenvalue weighted by Crippen LogP contribution is -2.45. The molecule has 9 heteroatoms. The summed E-state index contributed by atoms with van der Waals surface area (Å²) in [5, 5.41) is 6.78. The van der Waals surface area contributed by atoms with Crippen LogP contribution in [0.5, 0.6) is 0 Å². The van der Waals surface area contributed by atoms with Gasteiger partial charge in [-0.2, -0.15) is 4.31 Å². The number of amides is 1. The Balaban J connectivity index is 1.48. The number of sulfonamides is 1. The van der Waals surface area contributed by atoms with Crippen LogP contribution in [0.2, 0.25) is 0 Å². The van der Waals surface area contributed by atoms with Crippen molar-refractivity contribution in [3.63, 3.8) is 0 Å². The predicted octanol–water partition coefficient (Wildman–Crippen LogP) is 3.27. The van der Waals surface area contributed by atoms with Crippen LogP contribution >= 0.6 is 0 Å². The molecule has 0 radical (unpaired) electrons. The zero-order chi connectivity index (χ0) is 23.3. The van der Waals surface area contributed by atoms with E-state index in [9.17, 15) is 13.2 Å². The second-order valence-corrected chi connectivity index (χ2v) is 9.86. The van der Waals surface area contributed by atoms with Crippen molar-refractivity contribution in [2.24, 2.45) is 5.92 Å². The molecule has 8 nitrogen and oxygen atoms in total. The van der Waals surface area contributed by atoms with Crippen LogP contribution in [0.4, 0.5) is 0 Å². The SMILES string of the molecule is Cc1noc(/C=C/c2ccccc2)c1S(=O)(=O)N1CCC[C@@H](C(=O)NCc2cccnc2)C1. The standard InChI is InChI=1S/C24H26N4O4S/c1-18-23(22(32-27-18)12-11-19-7-3-2-4-8-19)33(30,31)28-14-6-10-21(17-28)24(29)26-16-20-9-5-13-25-15-20/h2-5,7-9,11-13,15,21H,6,10,14,16-17H2,1H3,(H,26,29)/b12-11+/t21-/m1/s1. The third-order valence-corrected chi connectivity index (χ3v) is 7.63. The summed E-state index contributed by atoms with van der Waals surface area (Å²) in [5.41, 5.74) is 2.10. The van der Waals surface area contributed by atoms with Gasteiger partial charge in [0, 0.05) is 32.0 Å². The molecular weight excluding hydrogens is 440 g/mol. The Labute approximate surface area is 193 Å². The van der Waals surface area contributed by atoms with Crippen molar-refractivity contribution in [1.29, 1.82) is 0 Å². The van der Waals surface area contributed by atoms with Crippen LogP contribution in [0.1, 0.15) is 35.4 Å². The molecular formula is C24H26N4O4S. The minimum atomic E-state index is -3.88. The zero-order valence-corrected chi connectivity index (χ0v) is 19.2. The van der Waals surface area contributed by atoms with Gasteiger partial charge in [-0.05, 0) is 43.0 Å². The van der Waals surface area contributed by atoms with Gasteiger partial charge in [0.2, 0.25) is 15.9 Å². The summed E-state index contributed by atoms with van der Waals surface area (Å²) in [4.78, 5) is 16.8. The number of rotatable bonds is 7. The molecule has 1 amide bonds. The van der Waals surface area contributed by atoms with Crippen LogP contribution < -0.4 is 5.32 Å². The van der Waals surface area contributed by atoms with Gasteiger partial charge >= 0.3 is 0 Å². The maximum atomic E-state index is 13.5. The molecule has 0 bridgehead atoms. The third-order valence-electron chi connectivity index (χ3n) is 5.60. The lowest BCUT2D eigenvalue weighted by molar-refractivity contribution is -0.126. The second-order valence-electron chi connectivity index (χ2n) is 7.99. The molecule has 3 aromatic rings. The number of aryl methyl sites for hydroxylation is 1. The smallest absolute Gasteiger partial charge is 0.248 e. The molecule has 0 aliphatic carbocycles. The van der Waals surface area contributed by atoms with Crippen LogP contribution in [0.15, 0.2) is 64.3 Å². The summed E-state index contributed by atoms with van der Waals surface area (Å²) in [7, 11) is -3.88. The highest BCUT2D eigenvalue weighted by atomic mass is 32.2. The summed E-state index contributed by atoms with van der Waals surface area (Å²) in [6.07, 6.45) is 7.99. The monoisotopic (exact) mass is 466 g/mol. The lowest BCUT2D eigenvalue weighted by atomic mass is 9.99. The van der Waals surface area contributed by atoms with E-state index in [1.54, 1.807) is 31.5 Å². The van der Waals surface area contributed by atoms with Crippen LogP contribution in [0.25, 0.3) is 12.2 Å². The highest BCUT2D eigenvalue weighted by molar-refractivity contribution is 7.89. The molecule has 33 heavy (non-hydrogen) atoms. The van der Waals surface area contributed by atoms with Crippen LogP contribution in [0, 0.1) is 12.8 Å². The van der Waals surface area contributed by atoms with Gasteiger partial charge in [0.05, 0.1) is 5.92 Å². The maximum Gasteiger partial charge on any atom is 0.248 e. The largest absolute Gasteiger partial charge is 0.355 e. The number of nitrogens with one attached hydrogen (secondary N) is 1. The molecule has 1 atom stereocenters. The third kappa shape index (κ3) is 5.37. The Kier molecular flexibility index (Phi) is 7.00. The first-order valence-electron chi connectivity index (χ1n) is 10.8. The summed E-state index contributed by atoms with van der Waals surface area (Å²) in [5.74, 6) is -0.404. The summed E-state index contributed by atoms with van der Waals surface area (Å²) < 4.78 is 33.7. The van der Waals surface area contributed by atoms with Gasteiger partial charge in [0.15, 0.2) is 10.7 Å². The average Bonchev–Trinajstić information content (AvgIpc) is 3.23. The average molecular weight is 467 g/mol. The number of benzene rings is 1. The fraction of sp³-hybridized carbons (Fsp3) is 0.292. The Bertz CT molecular complexity index is 1220. The van der Waals surface area contributed by atoms with Crippen molar-refractivity contribution in [2.45, 2.75) is 31.2 Å². The number of nitrogens with zero attached hydrogens (tertiary/aromatic N) is 3. The van der Waals surface area contributed by atoms with E-state index in [2.05, 4.69) is 15.5 Å². The van der Waals surface area contributed by atoms with E-state index in [0.29, 0.717) is 31.6 Å². The summed E-state index contributed by atoms with van der Waals surface area (Å²) in [6, 6.07) is 13.2. The van der Waals surface area contributed by atoms with E-state index in [-0.39, 0.29) is 23.1 Å². The number of carbonyl (C=O) groups is 1. The van der Waals surface area contributed by atoms with Crippen LogP contribution in [0.3, 0.4) is 0 Å². The van der Waals surface area contributed by atoms with Crippen molar-refractivity contribution in [3.05, 3.63) is 77.4 Å². The van der Waals surface area contributed by atoms with Crippen molar-refractivity contribution in [3.8, 4) is 0 Å². The fourth-order valence-corrected chi connectivity index (χ4v) is 5.65. The van der Waals surface area contributed by atoms with Gasteiger partial charge in [-0.25, -0.2) is 8.42 Å². The molecule has 1 aliphatic heterocycles. The van der Waals surface area contributed by atoms with E-state index in [4.69, 9.17) is 4.52 Å². The number of hydrogen-bond donors (Lipinski definition) is 1. The second kappa shape index (κ2) is 10.1. The number of aromatic nitrogens is 2. The Hall–Kier alpha value is -3.30. The first-order chi connectivity index (χ1) is 15.9. The zero-order valence-electron chi connectivity index (χ0n) is 18.3. The molecule has 0 saturated carbocycles. The number of hydrogen-bond acceptors (Lipinski definition) is 6. The Morgan fingerprint density at radius 3 is 2.79 bits per heavy atom. The van der Waals surface area contributed by atoms with Gasteiger partial charge in [0.1, 0.15) is 5.69 Å². The van der Waals surface area contributed by atoms with Gasteiger partial charge < -0.3 is 9.84 Å². The molecule has 4 rings (SSSR count). The minimum absolute atomic E-state index is 0.0473. The molecule has 1 aromatic carbocycles. The highest BCUT2D eigenvalue weighted by Crippen LogP contribution is 2.29. The highest BCUT2D eigenvalue weighted by Gasteiger charge is 2.36. The van der Waals surface area contributed by atoms with Crippen molar-refractivity contribution >= 4 is 28.1 Å². The molecule has 1 fully saturated rings. The molecule has 2 aromatic heterocycles. The quantitative estimate of drug-likeness (QED) is 0.573. The topological polar surface area (TPSA) is 105 Å². The van der Waals surface area contributed by atoms with Crippen molar-refractivity contribution in [2.75, 3.05) is 13.1 Å². The van der Waals surface area contributed by atoms with Crippen LogP contribution in [-0.4, -0.2) is 41.9 Å². The molecule has 1 aliphatic rings. The van der Waals surface area contributed by atoms with E-state index in [0.717, 1.165) is 11.1 Å². The lowest BCUT2D eigenvalue weighted by Gasteiger charge is -2.31. The maximum absolute atomic E-state index is 13.5. The molecule has 1 saturated heterocycles. The Morgan fingerprint density at radius 2 is 2.03 bits per heavy atom. The fourth-order valence-electron chi connectivity index (χ4n) is 3.87. The van der Waals surface area contributed by atoms with Gasteiger partial charge in [-0.1, -0.05) is 47.6 Å². The number of piperidine rings is 1. The number of carbonyl (C=O) groups excluding carboxylic acids is 1. The van der Waals surface area contributed by atoms with E-state index in [1.807, 2.05) is 42.5 Å². The first-order valence-corrected chi connectivity index (χ1v) is 12.3. The van der Waals surface area contributed by atoms with E-state index >= 15 is 0 Å². The first kappa shape index (κ1) is 22.9. The van der Waals surface area contributed by atoms with E-state index in [1.165, 1.54) is 4.31 Å². The van der Waals surface area contributed by atoms with Crippen LogP contribution in [-0.2, 0) is 21.4 Å². The van der Waals surface area contributed by atoms with Gasteiger partial charge in [-0.15, -0.1) is 0 Å². The molecule has 0 spiro atoms. The molecule has 1 N–H and O–H groups in total. The van der Waals surface area contributed by atoms with Crippen molar-refractivity contribution < 1.29 is 17.7 Å². The minimum Gasteiger partial charge on any atom is -0.355 e. The van der Waals surface area contributed by atoms with E-state index < -0.39 is 15.9 Å². The van der Waals surface area contributed by atoms with Gasteiger partial charge in [0.25, 0.3) is 0 Å². The van der Waals surface area contributed by atoms with Crippen molar-refractivity contribution in [1.82, 2.24) is 19.8 Å². The van der Waals surface area contributed by atoms with Gasteiger partial charge in [-0.3, -0.25) is 9.78 Å². The molecule has 0 unspecified atom stereocenters. The predicted molar refractivity (Wildman–Crippen MR) is 124 cm³/mol. The molecule has 172 valence electrons. The number of pyridine rings is 1. The summed E-state index contributed by atoms with van der Waals surface area (Å²) in [6.45, 7) is 2.43.